The van der Waals surface area contributed by atoms with E-state index in [9.17, 15) is 19.2 Å². The van der Waals surface area contributed by atoms with Crippen molar-refractivity contribution in [2.45, 2.75) is 13.3 Å². The Bertz CT molecular complexity index is 1140. The highest BCUT2D eigenvalue weighted by atomic mass is 16.5. The van der Waals surface area contributed by atoms with E-state index in [4.69, 9.17) is 4.74 Å². The lowest BCUT2D eigenvalue weighted by Crippen LogP contribution is -2.45. The standard InChI is InChI=1S/C22H19N3O5/c1-13-11-17(16-5-3-4-6-18(16)23-13)21(28)24-25-22(29)20(27)12-19(26)14-7-9-15(30-2)10-8-14/h3-11H,12H2,1-2H3,(H,24,28)(H,25,29). The zero-order valence-electron chi connectivity index (χ0n) is 16.4. The second-order valence-corrected chi connectivity index (χ2v) is 6.49. The molecule has 0 spiro atoms. The zero-order chi connectivity index (χ0) is 21.7. The maximum Gasteiger partial charge on any atom is 0.306 e. The molecule has 2 aromatic carbocycles. The Hall–Kier alpha value is -4.07. The van der Waals surface area contributed by atoms with Gasteiger partial charge in [-0.2, -0.15) is 0 Å². The summed E-state index contributed by atoms with van der Waals surface area (Å²) in [5, 5.41) is 0.607. The van der Waals surface area contributed by atoms with E-state index in [1.54, 1.807) is 49.4 Å². The molecule has 152 valence electrons. The molecule has 0 aliphatic heterocycles. The summed E-state index contributed by atoms with van der Waals surface area (Å²) in [7, 11) is 1.50. The Morgan fingerprint density at radius 2 is 1.67 bits per heavy atom. The van der Waals surface area contributed by atoms with Crippen LogP contribution in [0.5, 0.6) is 5.75 Å². The van der Waals surface area contributed by atoms with Crippen LogP contribution in [0.1, 0.15) is 32.8 Å². The fourth-order valence-electron chi connectivity index (χ4n) is 2.85. The second kappa shape index (κ2) is 8.95. The fraction of sp³-hybridized carbons (Fsp3) is 0.136. The minimum absolute atomic E-state index is 0.278. The molecule has 8 nitrogen and oxygen atoms in total. The van der Waals surface area contributed by atoms with Gasteiger partial charge in [0.05, 0.1) is 24.6 Å². The van der Waals surface area contributed by atoms with Crippen LogP contribution in [0.3, 0.4) is 0 Å². The van der Waals surface area contributed by atoms with Crippen molar-refractivity contribution in [2.24, 2.45) is 0 Å². The van der Waals surface area contributed by atoms with Gasteiger partial charge in [-0.1, -0.05) is 18.2 Å². The quantitative estimate of drug-likeness (QED) is 0.281. The van der Waals surface area contributed by atoms with E-state index in [-0.39, 0.29) is 5.56 Å². The summed E-state index contributed by atoms with van der Waals surface area (Å²) in [5.74, 6) is -2.59. The summed E-state index contributed by atoms with van der Waals surface area (Å²) in [6.07, 6.45) is -0.620. The van der Waals surface area contributed by atoms with Crippen LogP contribution in [0.2, 0.25) is 0 Å². The molecule has 0 aliphatic rings. The highest BCUT2D eigenvalue weighted by molar-refractivity contribution is 6.40. The number of aromatic nitrogens is 1. The second-order valence-electron chi connectivity index (χ2n) is 6.49. The Labute approximate surface area is 172 Å². The summed E-state index contributed by atoms with van der Waals surface area (Å²) in [4.78, 5) is 53.1. The van der Waals surface area contributed by atoms with Crippen molar-refractivity contribution in [1.82, 2.24) is 15.8 Å². The predicted octanol–water partition coefficient (Wildman–Crippen LogP) is 2.15. The number of Topliss-reactive ketones (excluding diaryl/α,β-unsaturated/α-hetero) is 2. The Morgan fingerprint density at radius 3 is 2.37 bits per heavy atom. The maximum absolute atomic E-state index is 12.5. The number of ketones is 2. The molecule has 1 heterocycles. The van der Waals surface area contributed by atoms with Crippen LogP contribution in [0.25, 0.3) is 10.9 Å². The lowest BCUT2D eigenvalue weighted by molar-refractivity contribution is -0.137. The number of hydrogen-bond donors (Lipinski definition) is 2. The largest absolute Gasteiger partial charge is 0.497 e. The van der Waals surface area contributed by atoms with Gasteiger partial charge in [-0.25, -0.2) is 0 Å². The van der Waals surface area contributed by atoms with Crippen molar-refractivity contribution >= 4 is 34.3 Å². The summed E-state index contributed by atoms with van der Waals surface area (Å²) in [5.41, 5.74) is 6.12. The molecule has 0 radical (unpaired) electrons. The normalized spacial score (nSPS) is 10.3. The monoisotopic (exact) mass is 405 g/mol. The number of carbonyl (C=O) groups is 4. The third-order valence-corrected chi connectivity index (χ3v) is 4.36. The van der Waals surface area contributed by atoms with Crippen molar-refractivity contribution in [2.75, 3.05) is 7.11 Å². The maximum atomic E-state index is 12.5. The summed E-state index contributed by atoms with van der Waals surface area (Å²) < 4.78 is 5.01. The van der Waals surface area contributed by atoms with Crippen molar-refractivity contribution in [3.8, 4) is 5.75 Å². The molecule has 0 saturated heterocycles. The smallest absolute Gasteiger partial charge is 0.306 e. The number of aryl methyl sites for hydroxylation is 1. The fourth-order valence-corrected chi connectivity index (χ4v) is 2.85. The first-order valence-electron chi connectivity index (χ1n) is 9.06. The number of para-hydroxylation sites is 1. The average molecular weight is 405 g/mol. The summed E-state index contributed by atoms with van der Waals surface area (Å²) in [6, 6.07) is 14.8. The zero-order valence-corrected chi connectivity index (χ0v) is 16.4. The van der Waals surface area contributed by atoms with Gasteiger partial charge >= 0.3 is 5.91 Å². The minimum Gasteiger partial charge on any atom is -0.497 e. The van der Waals surface area contributed by atoms with Gasteiger partial charge in [-0.3, -0.25) is 35.0 Å². The van der Waals surface area contributed by atoms with Gasteiger partial charge in [0, 0.05) is 16.6 Å². The number of rotatable bonds is 6. The van der Waals surface area contributed by atoms with Crippen molar-refractivity contribution in [1.29, 1.82) is 0 Å². The van der Waals surface area contributed by atoms with E-state index in [1.165, 1.54) is 19.2 Å². The Balaban J connectivity index is 1.61. The van der Waals surface area contributed by atoms with Gasteiger partial charge in [0.15, 0.2) is 5.78 Å². The molecular formula is C22H19N3O5. The van der Waals surface area contributed by atoms with Crippen molar-refractivity contribution in [3.63, 3.8) is 0 Å². The Morgan fingerprint density at radius 1 is 0.967 bits per heavy atom. The SMILES string of the molecule is COc1ccc(C(=O)CC(=O)C(=O)NNC(=O)c2cc(C)nc3ccccc23)cc1. The molecule has 0 aliphatic carbocycles. The number of hydrazine groups is 1. The van der Waals surface area contributed by atoms with E-state index in [2.05, 4.69) is 15.8 Å². The first kappa shape index (κ1) is 20.7. The van der Waals surface area contributed by atoms with Crippen LogP contribution in [-0.4, -0.2) is 35.5 Å². The number of carbonyl (C=O) groups excluding carboxylic acids is 4. The van der Waals surface area contributed by atoms with E-state index < -0.39 is 29.8 Å². The molecule has 3 aromatic rings. The first-order chi connectivity index (χ1) is 14.4. The Kier molecular flexibility index (Phi) is 6.17. The predicted molar refractivity (Wildman–Crippen MR) is 109 cm³/mol. The van der Waals surface area contributed by atoms with E-state index in [0.717, 1.165) is 0 Å². The first-order valence-corrected chi connectivity index (χ1v) is 9.06. The van der Waals surface area contributed by atoms with Crippen LogP contribution in [0, 0.1) is 6.92 Å². The molecule has 0 atom stereocenters. The molecule has 30 heavy (non-hydrogen) atoms. The molecule has 0 bridgehead atoms. The molecule has 0 saturated carbocycles. The van der Waals surface area contributed by atoms with Gasteiger partial charge in [0.2, 0.25) is 5.78 Å². The topological polar surface area (TPSA) is 114 Å². The van der Waals surface area contributed by atoms with Crippen molar-refractivity contribution < 1.29 is 23.9 Å². The summed E-state index contributed by atoms with van der Waals surface area (Å²) in [6.45, 7) is 1.75. The molecule has 3 rings (SSSR count). The van der Waals surface area contributed by atoms with Crippen LogP contribution in [0.4, 0.5) is 0 Å². The highest BCUT2D eigenvalue weighted by Gasteiger charge is 2.20. The van der Waals surface area contributed by atoms with Crippen LogP contribution in [0.15, 0.2) is 54.6 Å². The molecule has 1 aromatic heterocycles. The number of pyridine rings is 1. The number of methoxy groups -OCH3 is 1. The molecular weight excluding hydrogens is 386 g/mol. The number of fused-ring (bicyclic) bond motifs is 1. The third-order valence-electron chi connectivity index (χ3n) is 4.36. The van der Waals surface area contributed by atoms with Crippen LogP contribution in [-0.2, 0) is 9.59 Å². The number of hydrogen-bond acceptors (Lipinski definition) is 6. The molecule has 2 N–H and O–H groups in total. The number of benzene rings is 2. The number of amides is 2. The van der Waals surface area contributed by atoms with Gasteiger partial charge in [0.25, 0.3) is 5.91 Å². The number of nitrogens with zero attached hydrogens (tertiary/aromatic N) is 1. The van der Waals surface area contributed by atoms with E-state index in [0.29, 0.717) is 27.9 Å². The molecule has 0 fully saturated rings. The lowest BCUT2D eigenvalue weighted by Gasteiger charge is -2.10. The highest BCUT2D eigenvalue weighted by Crippen LogP contribution is 2.18. The molecule has 0 unspecified atom stereocenters. The number of ether oxygens (including phenoxy) is 1. The number of nitrogens with one attached hydrogen (secondary N) is 2. The van der Waals surface area contributed by atoms with Gasteiger partial charge in [-0.05, 0) is 43.3 Å². The van der Waals surface area contributed by atoms with Crippen molar-refractivity contribution in [3.05, 3.63) is 71.4 Å². The molecule has 8 heteroatoms. The lowest BCUT2D eigenvalue weighted by atomic mass is 10.1. The van der Waals surface area contributed by atoms with Gasteiger partial charge < -0.3 is 4.74 Å². The van der Waals surface area contributed by atoms with Gasteiger partial charge in [0.1, 0.15) is 5.75 Å². The van der Waals surface area contributed by atoms with E-state index >= 15 is 0 Å². The average Bonchev–Trinajstić information content (AvgIpc) is 2.76. The summed E-state index contributed by atoms with van der Waals surface area (Å²) >= 11 is 0. The van der Waals surface area contributed by atoms with E-state index in [1.807, 2.05) is 0 Å². The van der Waals surface area contributed by atoms with Gasteiger partial charge in [-0.15, -0.1) is 0 Å². The molecule has 2 amide bonds. The minimum atomic E-state index is -1.08. The van der Waals surface area contributed by atoms with Crippen LogP contribution >= 0.6 is 0 Å². The third kappa shape index (κ3) is 4.67. The van der Waals surface area contributed by atoms with Crippen LogP contribution < -0.4 is 15.6 Å².